The van der Waals surface area contributed by atoms with Crippen LogP contribution in [-0.2, 0) is 6.67 Å². The monoisotopic (exact) mass is 523 g/mol. The molecule has 0 saturated heterocycles. The minimum absolute atomic E-state index is 0.225. The average molecular weight is 524 g/mol. The van der Waals surface area contributed by atoms with Gasteiger partial charge in [0.15, 0.2) is 0 Å². The number of imidazole rings is 1. The highest BCUT2D eigenvalue weighted by Crippen LogP contribution is 2.40. The van der Waals surface area contributed by atoms with Crippen LogP contribution in [0.1, 0.15) is 9.68 Å². The van der Waals surface area contributed by atoms with E-state index in [0.29, 0.717) is 24.0 Å². The van der Waals surface area contributed by atoms with E-state index in [1.54, 1.807) is 18.5 Å². The minimum Gasteiger partial charge on any atom is -0.457 e. The van der Waals surface area contributed by atoms with Crippen molar-refractivity contribution in [1.82, 2.24) is 24.1 Å². The summed E-state index contributed by atoms with van der Waals surface area (Å²) in [5.74, 6) is 2.79. The lowest BCUT2D eigenvalue weighted by atomic mass is 10.1. The van der Waals surface area contributed by atoms with Gasteiger partial charge in [0.05, 0.1) is 22.9 Å². The first-order valence-corrected chi connectivity index (χ1v) is 13.0. The van der Waals surface area contributed by atoms with E-state index in [9.17, 15) is 0 Å². The Balaban J connectivity index is 1.19. The van der Waals surface area contributed by atoms with Gasteiger partial charge in [-0.3, -0.25) is 9.55 Å². The van der Waals surface area contributed by atoms with Crippen molar-refractivity contribution in [3.05, 3.63) is 121 Å². The fourth-order valence-corrected chi connectivity index (χ4v) is 5.56. The van der Waals surface area contributed by atoms with E-state index < -0.39 is 6.85 Å². The molecule has 0 unspecified atom stereocenters. The van der Waals surface area contributed by atoms with Gasteiger partial charge in [-0.15, -0.1) is 0 Å². The van der Waals surface area contributed by atoms with Gasteiger partial charge >= 0.3 is 0 Å². The summed E-state index contributed by atoms with van der Waals surface area (Å²) >= 11 is 0. The maximum absolute atomic E-state index is 7.90. The summed E-state index contributed by atoms with van der Waals surface area (Å²) in [7, 11) is 0. The van der Waals surface area contributed by atoms with Gasteiger partial charge in [0, 0.05) is 63.1 Å². The molecule has 0 atom stereocenters. The van der Waals surface area contributed by atoms with Crippen molar-refractivity contribution in [1.29, 1.82) is 0 Å². The summed E-state index contributed by atoms with van der Waals surface area (Å²) in [6.07, 6.45) is 8.87. The highest BCUT2D eigenvalue weighted by molar-refractivity contribution is 6.09. The normalized spacial score (nSPS) is 13.9. The SMILES string of the molecule is [2H]C([2H])([2H])c1ccnc(-n2c3cnccc3c3ccc(Oc4cccc(N5Cn6ccnc6-c6ccccc65)c4)cc32)c1. The first-order valence-electron chi connectivity index (χ1n) is 14.5. The number of anilines is 2. The molecule has 7 heteroatoms. The molecule has 40 heavy (non-hydrogen) atoms. The van der Waals surface area contributed by atoms with Gasteiger partial charge in [-0.1, -0.05) is 18.2 Å². The van der Waals surface area contributed by atoms with Gasteiger partial charge in [0.25, 0.3) is 0 Å². The zero-order chi connectivity index (χ0) is 29.1. The second-order valence-electron chi connectivity index (χ2n) is 9.72. The zero-order valence-electron chi connectivity index (χ0n) is 24.3. The molecule has 3 aromatic carbocycles. The molecule has 0 amide bonds. The average Bonchev–Trinajstić information content (AvgIpc) is 3.63. The fourth-order valence-electron chi connectivity index (χ4n) is 5.56. The predicted molar refractivity (Wildman–Crippen MR) is 157 cm³/mol. The molecule has 4 aromatic heterocycles. The molecule has 5 heterocycles. The number of pyridine rings is 2. The van der Waals surface area contributed by atoms with Crippen LogP contribution < -0.4 is 9.64 Å². The maximum Gasteiger partial charge on any atom is 0.143 e. The van der Waals surface area contributed by atoms with Crippen LogP contribution in [0.4, 0.5) is 11.4 Å². The molecule has 0 aliphatic carbocycles. The van der Waals surface area contributed by atoms with Gasteiger partial charge < -0.3 is 14.2 Å². The molecule has 7 nitrogen and oxygen atoms in total. The topological polar surface area (TPSA) is 61.0 Å². The molecule has 0 saturated carbocycles. The third-order valence-corrected chi connectivity index (χ3v) is 7.33. The third kappa shape index (κ3) is 3.55. The number of nitrogens with zero attached hydrogens (tertiary/aromatic N) is 6. The van der Waals surface area contributed by atoms with Crippen LogP contribution >= 0.6 is 0 Å². The van der Waals surface area contributed by atoms with Crippen LogP contribution in [0.15, 0.2) is 116 Å². The molecule has 0 bridgehead atoms. The second-order valence-corrected chi connectivity index (χ2v) is 9.72. The van der Waals surface area contributed by atoms with E-state index in [1.165, 1.54) is 12.3 Å². The summed E-state index contributed by atoms with van der Waals surface area (Å²) in [4.78, 5) is 15.7. The van der Waals surface area contributed by atoms with E-state index >= 15 is 0 Å². The van der Waals surface area contributed by atoms with Crippen molar-refractivity contribution in [3.8, 4) is 28.7 Å². The lowest BCUT2D eigenvalue weighted by Gasteiger charge is -2.32. The van der Waals surface area contributed by atoms with E-state index in [2.05, 4.69) is 42.6 Å². The van der Waals surface area contributed by atoms with Crippen molar-refractivity contribution in [2.45, 2.75) is 13.5 Å². The third-order valence-electron chi connectivity index (χ3n) is 7.33. The van der Waals surface area contributed by atoms with Crippen LogP contribution in [0.5, 0.6) is 11.5 Å². The largest absolute Gasteiger partial charge is 0.457 e. The quantitative estimate of drug-likeness (QED) is 0.237. The summed E-state index contributed by atoms with van der Waals surface area (Å²) in [6.45, 7) is -1.61. The van der Waals surface area contributed by atoms with Crippen LogP contribution in [0.3, 0.4) is 0 Å². The summed E-state index contributed by atoms with van der Waals surface area (Å²) in [5, 5.41) is 1.97. The predicted octanol–water partition coefficient (Wildman–Crippen LogP) is 7.65. The molecular formula is C33H24N6O. The number of rotatable bonds is 4. The van der Waals surface area contributed by atoms with Gasteiger partial charge in [0.1, 0.15) is 29.8 Å². The van der Waals surface area contributed by atoms with Gasteiger partial charge in [-0.2, -0.15) is 0 Å². The molecule has 7 aromatic rings. The summed E-state index contributed by atoms with van der Waals surface area (Å²) in [6, 6.07) is 27.3. The second kappa shape index (κ2) is 8.81. The van der Waals surface area contributed by atoms with Crippen molar-refractivity contribution >= 4 is 33.2 Å². The number of para-hydroxylation sites is 1. The smallest absolute Gasteiger partial charge is 0.143 e. The van der Waals surface area contributed by atoms with Crippen molar-refractivity contribution in [3.63, 3.8) is 0 Å². The Bertz CT molecular complexity index is 2170. The number of hydrogen-bond acceptors (Lipinski definition) is 5. The van der Waals surface area contributed by atoms with E-state index in [-0.39, 0.29) is 5.56 Å². The number of benzene rings is 3. The first kappa shape index (κ1) is 19.6. The van der Waals surface area contributed by atoms with Crippen LogP contribution in [0.25, 0.3) is 39.0 Å². The Morgan fingerprint density at radius 2 is 1.73 bits per heavy atom. The summed E-state index contributed by atoms with van der Waals surface area (Å²) in [5.41, 5.74) is 5.05. The van der Waals surface area contributed by atoms with Crippen molar-refractivity contribution in [2.75, 3.05) is 4.90 Å². The molecule has 1 aliphatic heterocycles. The molecule has 0 N–H and O–H groups in total. The van der Waals surface area contributed by atoms with E-state index in [4.69, 9.17) is 8.85 Å². The van der Waals surface area contributed by atoms with Gasteiger partial charge in [-0.05, 0) is 67.0 Å². The fraction of sp³-hybridized carbons (Fsp3) is 0.0606. The number of hydrogen-bond donors (Lipinski definition) is 0. The van der Waals surface area contributed by atoms with Gasteiger partial charge in [-0.25, -0.2) is 9.97 Å². The van der Waals surface area contributed by atoms with Crippen molar-refractivity contribution in [2.24, 2.45) is 0 Å². The van der Waals surface area contributed by atoms with Crippen molar-refractivity contribution < 1.29 is 8.85 Å². The lowest BCUT2D eigenvalue weighted by molar-refractivity contribution is 0.483. The minimum atomic E-state index is -2.25. The number of ether oxygens (including phenoxy) is 1. The Morgan fingerprint density at radius 1 is 0.800 bits per heavy atom. The highest BCUT2D eigenvalue weighted by Gasteiger charge is 2.23. The molecule has 0 radical (unpaired) electrons. The molecule has 0 fully saturated rings. The lowest BCUT2D eigenvalue weighted by Crippen LogP contribution is -2.25. The highest BCUT2D eigenvalue weighted by atomic mass is 16.5. The van der Waals surface area contributed by atoms with Crippen LogP contribution in [0.2, 0.25) is 0 Å². The molecule has 0 spiro atoms. The number of aromatic nitrogens is 5. The standard InChI is InChI=1S/C33H24N6O/c1-22-11-14-35-32(17-22)39-30-19-25(9-10-26(30)27-12-13-34-20-31(27)39)40-24-6-4-5-23(18-24)38-21-37-16-15-36-33(37)28-7-2-3-8-29(28)38/h2-20H,21H2,1H3/i1D3. The maximum atomic E-state index is 7.90. The van der Waals surface area contributed by atoms with E-state index in [0.717, 1.165) is 44.6 Å². The first-order chi connectivity index (χ1) is 20.9. The number of aryl methyl sites for hydroxylation is 1. The Morgan fingerprint density at radius 3 is 2.70 bits per heavy atom. The molecule has 8 rings (SSSR count). The Kier molecular flexibility index (Phi) is 4.32. The Labute approximate surface area is 234 Å². The molecular weight excluding hydrogens is 496 g/mol. The molecule has 192 valence electrons. The molecule has 1 aliphatic rings. The Hall–Kier alpha value is -5.43. The van der Waals surface area contributed by atoms with E-state index in [1.807, 2.05) is 71.6 Å². The van der Waals surface area contributed by atoms with Gasteiger partial charge in [0.2, 0.25) is 0 Å². The summed E-state index contributed by atoms with van der Waals surface area (Å²) < 4.78 is 34.2. The zero-order valence-corrected chi connectivity index (χ0v) is 21.3. The van der Waals surface area contributed by atoms with Crippen LogP contribution in [-0.4, -0.2) is 24.1 Å². The number of fused-ring (bicyclic) bond motifs is 6. The van der Waals surface area contributed by atoms with Crippen LogP contribution in [0, 0.1) is 6.85 Å².